The van der Waals surface area contributed by atoms with Crippen LogP contribution in [-0.2, 0) is 6.54 Å². The SMILES string of the molecule is Cc1nc(NCCCO)cc(NCc2ccc[nH]2)n1. The largest absolute Gasteiger partial charge is 0.396 e. The molecule has 0 bridgehead atoms. The summed E-state index contributed by atoms with van der Waals surface area (Å²) in [6, 6.07) is 5.85. The summed E-state index contributed by atoms with van der Waals surface area (Å²) in [6.07, 6.45) is 2.60. The molecule has 0 aliphatic rings. The van der Waals surface area contributed by atoms with Crippen LogP contribution in [-0.4, -0.2) is 33.2 Å². The van der Waals surface area contributed by atoms with Gasteiger partial charge in [-0.2, -0.15) is 0 Å². The molecule has 0 spiro atoms. The molecule has 0 aliphatic carbocycles. The average Bonchev–Trinajstić information content (AvgIpc) is 2.89. The summed E-state index contributed by atoms with van der Waals surface area (Å²) in [7, 11) is 0. The lowest BCUT2D eigenvalue weighted by molar-refractivity contribution is 0.292. The van der Waals surface area contributed by atoms with E-state index >= 15 is 0 Å². The van der Waals surface area contributed by atoms with Gasteiger partial charge in [-0.05, 0) is 25.5 Å². The van der Waals surface area contributed by atoms with Crippen molar-refractivity contribution in [2.24, 2.45) is 0 Å². The Bertz CT molecular complexity index is 498. The zero-order valence-corrected chi connectivity index (χ0v) is 11.0. The number of aryl methyl sites for hydroxylation is 1. The molecule has 0 aromatic carbocycles. The van der Waals surface area contributed by atoms with Gasteiger partial charge in [-0.3, -0.25) is 0 Å². The number of H-pyrrole nitrogens is 1. The van der Waals surface area contributed by atoms with E-state index in [-0.39, 0.29) is 6.61 Å². The van der Waals surface area contributed by atoms with Gasteiger partial charge in [-0.25, -0.2) is 9.97 Å². The van der Waals surface area contributed by atoms with Crippen molar-refractivity contribution >= 4 is 11.6 Å². The first-order chi connectivity index (χ1) is 9.28. The van der Waals surface area contributed by atoms with Gasteiger partial charge in [-0.15, -0.1) is 0 Å². The van der Waals surface area contributed by atoms with Gasteiger partial charge >= 0.3 is 0 Å². The van der Waals surface area contributed by atoms with E-state index in [2.05, 4.69) is 25.6 Å². The molecular formula is C13H19N5O. The topological polar surface area (TPSA) is 85.9 Å². The summed E-state index contributed by atoms with van der Waals surface area (Å²) in [4.78, 5) is 11.8. The molecular weight excluding hydrogens is 242 g/mol. The van der Waals surface area contributed by atoms with E-state index in [4.69, 9.17) is 5.11 Å². The molecule has 0 aliphatic heterocycles. The summed E-state index contributed by atoms with van der Waals surface area (Å²) in [6.45, 7) is 3.43. The predicted octanol–water partition coefficient (Wildman–Crippen LogP) is 1.52. The molecule has 2 aromatic heterocycles. The number of rotatable bonds is 7. The number of hydrogen-bond acceptors (Lipinski definition) is 5. The molecule has 0 saturated carbocycles. The molecule has 2 aromatic rings. The van der Waals surface area contributed by atoms with Gasteiger partial charge in [-0.1, -0.05) is 0 Å². The number of nitrogens with one attached hydrogen (secondary N) is 3. The van der Waals surface area contributed by atoms with Crippen molar-refractivity contribution in [2.75, 3.05) is 23.8 Å². The second-order valence-corrected chi connectivity index (χ2v) is 4.24. The lowest BCUT2D eigenvalue weighted by Gasteiger charge is -2.09. The van der Waals surface area contributed by atoms with Crippen LogP contribution < -0.4 is 10.6 Å². The number of nitrogens with zero attached hydrogens (tertiary/aromatic N) is 2. The van der Waals surface area contributed by atoms with E-state index in [1.165, 1.54) is 0 Å². The maximum atomic E-state index is 8.75. The molecule has 2 heterocycles. The Morgan fingerprint density at radius 2 is 2.05 bits per heavy atom. The van der Waals surface area contributed by atoms with Crippen molar-refractivity contribution < 1.29 is 5.11 Å². The molecule has 19 heavy (non-hydrogen) atoms. The molecule has 0 fully saturated rings. The smallest absolute Gasteiger partial charge is 0.132 e. The van der Waals surface area contributed by atoms with Gasteiger partial charge in [0.1, 0.15) is 17.5 Å². The Hall–Kier alpha value is -2.08. The van der Waals surface area contributed by atoms with E-state index < -0.39 is 0 Å². The zero-order chi connectivity index (χ0) is 13.5. The summed E-state index contributed by atoms with van der Waals surface area (Å²) >= 11 is 0. The van der Waals surface area contributed by atoms with Gasteiger partial charge < -0.3 is 20.7 Å². The number of anilines is 2. The van der Waals surface area contributed by atoms with Gasteiger partial charge in [0, 0.05) is 31.1 Å². The first-order valence-corrected chi connectivity index (χ1v) is 6.34. The van der Waals surface area contributed by atoms with E-state index in [0.29, 0.717) is 25.3 Å². The number of aromatic nitrogens is 3. The van der Waals surface area contributed by atoms with Crippen molar-refractivity contribution in [3.8, 4) is 0 Å². The third kappa shape index (κ3) is 4.26. The van der Waals surface area contributed by atoms with Crippen LogP contribution in [0.25, 0.3) is 0 Å². The maximum absolute atomic E-state index is 8.75. The predicted molar refractivity (Wildman–Crippen MR) is 75.1 cm³/mol. The summed E-state index contributed by atoms with van der Waals surface area (Å²) in [5.41, 5.74) is 1.10. The summed E-state index contributed by atoms with van der Waals surface area (Å²) in [5, 5.41) is 15.2. The zero-order valence-electron chi connectivity index (χ0n) is 11.0. The van der Waals surface area contributed by atoms with Gasteiger partial charge in [0.2, 0.25) is 0 Å². The van der Waals surface area contributed by atoms with Crippen molar-refractivity contribution in [2.45, 2.75) is 19.9 Å². The number of aromatic amines is 1. The third-order valence-electron chi connectivity index (χ3n) is 2.60. The molecule has 6 heteroatoms. The second-order valence-electron chi connectivity index (χ2n) is 4.24. The standard InChI is InChI=1S/C13H19N5O/c1-10-17-12(15-6-3-7-19)8-13(18-10)16-9-11-4-2-5-14-11/h2,4-5,8,14,19H,3,6-7,9H2,1H3,(H2,15,16,17,18). The van der Waals surface area contributed by atoms with Gasteiger partial charge in [0.25, 0.3) is 0 Å². The Labute approximate surface area is 112 Å². The van der Waals surface area contributed by atoms with Gasteiger partial charge in [0.15, 0.2) is 0 Å². The van der Waals surface area contributed by atoms with Crippen molar-refractivity contribution in [3.63, 3.8) is 0 Å². The molecule has 4 N–H and O–H groups in total. The lowest BCUT2D eigenvalue weighted by atomic mass is 10.4. The highest BCUT2D eigenvalue weighted by atomic mass is 16.3. The van der Waals surface area contributed by atoms with E-state index in [9.17, 15) is 0 Å². The van der Waals surface area contributed by atoms with Crippen LogP contribution in [0.1, 0.15) is 17.9 Å². The van der Waals surface area contributed by atoms with Crippen LogP contribution >= 0.6 is 0 Å². The number of hydrogen-bond donors (Lipinski definition) is 4. The normalized spacial score (nSPS) is 10.4. The molecule has 0 unspecified atom stereocenters. The number of aliphatic hydroxyl groups excluding tert-OH is 1. The number of aliphatic hydroxyl groups is 1. The average molecular weight is 261 g/mol. The highest BCUT2D eigenvalue weighted by Gasteiger charge is 2.02. The first kappa shape index (κ1) is 13.4. The quantitative estimate of drug-likeness (QED) is 0.568. The van der Waals surface area contributed by atoms with Crippen LogP contribution in [0, 0.1) is 6.92 Å². The minimum absolute atomic E-state index is 0.176. The van der Waals surface area contributed by atoms with Crippen molar-refractivity contribution in [1.29, 1.82) is 0 Å². The molecule has 0 amide bonds. The first-order valence-electron chi connectivity index (χ1n) is 6.34. The molecule has 102 valence electrons. The van der Waals surface area contributed by atoms with E-state index in [0.717, 1.165) is 17.3 Å². The third-order valence-corrected chi connectivity index (χ3v) is 2.60. The Morgan fingerprint density at radius 3 is 2.74 bits per heavy atom. The summed E-state index contributed by atoms with van der Waals surface area (Å²) in [5.74, 6) is 2.27. The minimum Gasteiger partial charge on any atom is -0.396 e. The summed E-state index contributed by atoms with van der Waals surface area (Å²) < 4.78 is 0. The fourth-order valence-electron chi connectivity index (χ4n) is 1.71. The van der Waals surface area contributed by atoms with Gasteiger partial charge in [0.05, 0.1) is 6.54 Å². The molecule has 2 rings (SSSR count). The van der Waals surface area contributed by atoms with Crippen LogP contribution in [0.4, 0.5) is 11.6 Å². The van der Waals surface area contributed by atoms with Crippen LogP contribution in [0.3, 0.4) is 0 Å². The highest BCUT2D eigenvalue weighted by molar-refractivity contribution is 5.47. The van der Waals surface area contributed by atoms with E-state index in [1.807, 2.05) is 31.3 Å². The highest BCUT2D eigenvalue weighted by Crippen LogP contribution is 2.12. The van der Waals surface area contributed by atoms with Crippen LogP contribution in [0.2, 0.25) is 0 Å². The lowest BCUT2D eigenvalue weighted by Crippen LogP contribution is -2.08. The fraction of sp³-hybridized carbons (Fsp3) is 0.385. The minimum atomic E-state index is 0.176. The maximum Gasteiger partial charge on any atom is 0.132 e. The Kier molecular flexibility index (Phi) is 4.74. The Balaban J connectivity index is 1.95. The Morgan fingerprint density at radius 1 is 1.26 bits per heavy atom. The molecule has 0 atom stereocenters. The molecule has 6 nitrogen and oxygen atoms in total. The van der Waals surface area contributed by atoms with Crippen molar-refractivity contribution in [3.05, 3.63) is 35.9 Å². The molecule has 0 radical (unpaired) electrons. The van der Waals surface area contributed by atoms with Crippen molar-refractivity contribution in [1.82, 2.24) is 15.0 Å². The second kappa shape index (κ2) is 6.75. The van der Waals surface area contributed by atoms with Crippen LogP contribution in [0.15, 0.2) is 24.4 Å². The van der Waals surface area contributed by atoms with Crippen LogP contribution in [0.5, 0.6) is 0 Å². The van der Waals surface area contributed by atoms with E-state index in [1.54, 1.807) is 0 Å². The molecule has 0 saturated heterocycles. The fourth-order valence-corrected chi connectivity index (χ4v) is 1.71. The monoisotopic (exact) mass is 261 g/mol.